The minimum absolute atomic E-state index is 0.00456. The lowest BCUT2D eigenvalue weighted by molar-refractivity contribution is -0.137. The highest BCUT2D eigenvalue weighted by Crippen LogP contribution is 2.31. The van der Waals surface area contributed by atoms with Crippen LogP contribution in [0.2, 0.25) is 0 Å². The third-order valence-corrected chi connectivity index (χ3v) is 3.80. The average molecular weight is 351 g/mol. The lowest BCUT2D eigenvalue weighted by Crippen LogP contribution is -2.31. The largest absolute Gasteiger partial charge is 0.484 e. The van der Waals surface area contributed by atoms with E-state index in [9.17, 15) is 18.0 Å². The molecular weight excluding hydrogens is 331 g/mol. The van der Waals surface area contributed by atoms with Crippen LogP contribution in [-0.4, -0.2) is 12.5 Å². The molecule has 0 saturated carbocycles. The molecule has 0 aliphatic heterocycles. The molecule has 0 bridgehead atoms. The first kappa shape index (κ1) is 18.8. The highest BCUT2D eigenvalue weighted by Gasteiger charge is 2.30. The van der Waals surface area contributed by atoms with Crippen LogP contribution in [0.5, 0.6) is 5.75 Å². The zero-order valence-electron chi connectivity index (χ0n) is 14.1. The maximum atomic E-state index is 12.6. The van der Waals surface area contributed by atoms with Crippen molar-refractivity contribution in [3.05, 3.63) is 65.2 Å². The molecule has 1 N–H and O–H groups in total. The minimum Gasteiger partial charge on any atom is -0.484 e. The van der Waals surface area contributed by atoms with Crippen LogP contribution in [0.25, 0.3) is 0 Å². The van der Waals surface area contributed by atoms with Crippen LogP contribution >= 0.6 is 0 Å². The van der Waals surface area contributed by atoms with Gasteiger partial charge in [-0.1, -0.05) is 37.3 Å². The number of alkyl halides is 3. The molecule has 2 rings (SSSR count). The molecule has 0 heterocycles. The second-order valence-electron chi connectivity index (χ2n) is 5.70. The smallest absolute Gasteiger partial charge is 0.416 e. The monoisotopic (exact) mass is 351 g/mol. The normalized spacial score (nSPS) is 12.5. The van der Waals surface area contributed by atoms with Gasteiger partial charge in [0.05, 0.1) is 11.6 Å². The van der Waals surface area contributed by atoms with Crippen molar-refractivity contribution in [2.45, 2.75) is 32.5 Å². The Kier molecular flexibility index (Phi) is 6.07. The van der Waals surface area contributed by atoms with Crippen molar-refractivity contribution in [3.63, 3.8) is 0 Å². The van der Waals surface area contributed by atoms with Crippen molar-refractivity contribution in [2.24, 2.45) is 0 Å². The summed E-state index contributed by atoms with van der Waals surface area (Å²) in [5.41, 5.74) is 1.34. The molecule has 0 aliphatic rings. The van der Waals surface area contributed by atoms with Crippen LogP contribution in [0.4, 0.5) is 13.2 Å². The molecule has 0 unspecified atom stereocenters. The highest BCUT2D eigenvalue weighted by atomic mass is 19.4. The standard InChI is InChI=1S/C19H20F3NO2/c1-3-14-7-9-15(10-8-14)13(2)23-18(24)12-25-17-6-4-5-16(11-17)19(20,21)22/h4-11,13H,3,12H2,1-2H3,(H,23,24)/t13-/m1/s1. The van der Waals surface area contributed by atoms with Gasteiger partial charge in [-0.25, -0.2) is 0 Å². The van der Waals surface area contributed by atoms with Crippen LogP contribution < -0.4 is 10.1 Å². The van der Waals surface area contributed by atoms with E-state index < -0.39 is 17.6 Å². The fourth-order valence-electron chi connectivity index (χ4n) is 2.32. The number of hydrogen-bond acceptors (Lipinski definition) is 2. The van der Waals surface area contributed by atoms with Gasteiger partial charge in [0.2, 0.25) is 0 Å². The van der Waals surface area contributed by atoms with Gasteiger partial charge in [0, 0.05) is 0 Å². The zero-order valence-corrected chi connectivity index (χ0v) is 14.1. The third-order valence-electron chi connectivity index (χ3n) is 3.80. The Morgan fingerprint density at radius 2 is 1.84 bits per heavy atom. The second-order valence-corrected chi connectivity index (χ2v) is 5.70. The molecule has 0 spiro atoms. The van der Waals surface area contributed by atoms with Crippen LogP contribution in [0, 0.1) is 0 Å². The number of ether oxygens (including phenoxy) is 1. The average Bonchev–Trinajstić information content (AvgIpc) is 2.59. The molecule has 0 aliphatic carbocycles. The maximum Gasteiger partial charge on any atom is 0.416 e. The number of carbonyl (C=O) groups excluding carboxylic acids is 1. The predicted octanol–water partition coefficient (Wildman–Crippen LogP) is 4.52. The molecule has 25 heavy (non-hydrogen) atoms. The first-order valence-corrected chi connectivity index (χ1v) is 7.98. The predicted molar refractivity (Wildman–Crippen MR) is 89.3 cm³/mol. The Hall–Kier alpha value is -2.50. The van der Waals surface area contributed by atoms with E-state index in [4.69, 9.17) is 4.74 Å². The molecule has 2 aromatic rings. The lowest BCUT2D eigenvalue weighted by Gasteiger charge is -2.15. The van der Waals surface area contributed by atoms with E-state index in [1.807, 2.05) is 31.2 Å². The lowest BCUT2D eigenvalue weighted by atomic mass is 10.1. The topological polar surface area (TPSA) is 38.3 Å². The SMILES string of the molecule is CCc1ccc([C@@H](C)NC(=O)COc2cccc(C(F)(F)F)c2)cc1. The molecule has 0 saturated heterocycles. The maximum absolute atomic E-state index is 12.6. The summed E-state index contributed by atoms with van der Waals surface area (Å²) in [4.78, 5) is 11.9. The Labute approximate surface area is 144 Å². The summed E-state index contributed by atoms with van der Waals surface area (Å²) in [5.74, 6) is -0.394. The third kappa shape index (κ3) is 5.52. The first-order valence-electron chi connectivity index (χ1n) is 7.98. The molecular formula is C19H20F3NO2. The van der Waals surface area contributed by atoms with E-state index in [1.165, 1.54) is 17.7 Å². The Morgan fingerprint density at radius 1 is 1.16 bits per heavy atom. The summed E-state index contributed by atoms with van der Waals surface area (Å²) in [6.07, 6.45) is -3.51. The first-order chi connectivity index (χ1) is 11.8. The molecule has 0 radical (unpaired) electrons. The summed E-state index contributed by atoms with van der Waals surface area (Å²) in [6, 6.07) is 12.1. The minimum atomic E-state index is -4.44. The fraction of sp³-hybridized carbons (Fsp3) is 0.316. The Bertz CT molecular complexity index is 711. The van der Waals surface area contributed by atoms with Gasteiger partial charge in [0.1, 0.15) is 5.75 Å². The number of aryl methyl sites for hydroxylation is 1. The quantitative estimate of drug-likeness (QED) is 0.831. The number of benzene rings is 2. The van der Waals surface area contributed by atoms with E-state index in [-0.39, 0.29) is 18.4 Å². The van der Waals surface area contributed by atoms with Crippen LogP contribution in [0.15, 0.2) is 48.5 Å². The van der Waals surface area contributed by atoms with E-state index in [2.05, 4.69) is 12.2 Å². The van der Waals surface area contributed by atoms with Crippen molar-refractivity contribution in [3.8, 4) is 5.75 Å². The van der Waals surface area contributed by atoms with E-state index in [0.717, 1.165) is 24.1 Å². The zero-order chi connectivity index (χ0) is 18.4. The highest BCUT2D eigenvalue weighted by molar-refractivity contribution is 5.78. The number of rotatable bonds is 6. The van der Waals surface area contributed by atoms with Gasteiger partial charge in [0.25, 0.3) is 5.91 Å². The summed E-state index contributed by atoms with van der Waals surface area (Å²) >= 11 is 0. The van der Waals surface area contributed by atoms with Gasteiger partial charge in [-0.15, -0.1) is 0 Å². The number of nitrogens with one attached hydrogen (secondary N) is 1. The van der Waals surface area contributed by atoms with Crippen molar-refractivity contribution >= 4 is 5.91 Å². The molecule has 6 heteroatoms. The van der Waals surface area contributed by atoms with Crippen molar-refractivity contribution in [2.75, 3.05) is 6.61 Å². The molecule has 2 aromatic carbocycles. The summed E-state index contributed by atoms with van der Waals surface area (Å²) in [5, 5.41) is 2.76. The molecule has 134 valence electrons. The molecule has 0 aromatic heterocycles. The fourth-order valence-corrected chi connectivity index (χ4v) is 2.32. The van der Waals surface area contributed by atoms with Gasteiger partial charge >= 0.3 is 6.18 Å². The van der Waals surface area contributed by atoms with Gasteiger partial charge in [-0.3, -0.25) is 4.79 Å². The van der Waals surface area contributed by atoms with Gasteiger partial charge in [0.15, 0.2) is 6.61 Å². The van der Waals surface area contributed by atoms with Crippen molar-refractivity contribution < 1.29 is 22.7 Å². The van der Waals surface area contributed by atoms with Crippen molar-refractivity contribution in [1.82, 2.24) is 5.32 Å². The van der Waals surface area contributed by atoms with E-state index in [1.54, 1.807) is 0 Å². The van der Waals surface area contributed by atoms with E-state index >= 15 is 0 Å². The second kappa shape index (κ2) is 8.05. The van der Waals surface area contributed by atoms with Crippen LogP contribution in [0.3, 0.4) is 0 Å². The molecule has 0 fully saturated rings. The number of amides is 1. The van der Waals surface area contributed by atoms with Crippen molar-refractivity contribution in [1.29, 1.82) is 0 Å². The van der Waals surface area contributed by atoms with Gasteiger partial charge < -0.3 is 10.1 Å². The van der Waals surface area contributed by atoms with Gasteiger partial charge in [-0.05, 0) is 42.7 Å². The van der Waals surface area contributed by atoms with E-state index in [0.29, 0.717) is 0 Å². The molecule has 3 nitrogen and oxygen atoms in total. The summed E-state index contributed by atoms with van der Waals surface area (Å²) < 4.78 is 43.1. The molecule has 1 atom stereocenters. The van der Waals surface area contributed by atoms with Gasteiger partial charge in [-0.2, -0.15) is 13.2 Å². The Morgan fingerprint density at radius 3 is 2.44 bits per heavy atom. The number of hydrogen-bond donors (Lipinski definition) is 1. The number of halogens is 3. The summed E-state index contributed by atoms with van der Waals surface area (Å²) in [7, 11) is 0. The molecule has 1 amide bonds. The van der Waals surface area contributed by atoms with Crippen LogP contribution in [-0.2, 0) is 17.4 Å². The van der Waals surface area contributed by atoms with Crippen LogP contribution in [0.1, 0.15) is 36.6 Å². The number of carbonyl (C=O) groups is 1. The summed E-state index contributed by atoms with van der Waals surface area (Å²) in [6.45, 7) is 3.55. The Balaban J connectivity index is 1.89.